The zero-order valence-electron chi connectivity index (χ0n) is 35.4. The van der Waals surface area contributed by atoms with Gasteiger partial charge in [0.2, 0.25) is 5.60 Å². The average molecular weight is 810 g/mol. The summed E-state index contributed by atoms with van der Waals surface area (Å²) in [6.45, 7) is 10.6. The van der Waals surface area contributed by atoms with Gasteiger partial charge in [0.15, 0.2) is 6.10 Å². The summed E-state index contributed by atoms with van der Waals surface area (Å²) in [6, 6.07) is 11.1. The number of hydrogen-bond acceptors (Lipinski definition) is 11. The number of esters is 2. The van der Waals surface area contributed by atoms with Crippen LogP contribution in [0.2, 0.25) is 0 Å². The van der Waals surface area contributed by atoms with Crippen LogP contribution >= 0.6 is 0 Å². The number of rotatable bonds is 7. The van der Waals surface area contributed by atoms with Crippen molar-refractivity contribution in [3.8, 4) is 5.75 Å². The standard InChI is InChI=1S/C46H59N5O8/c1-8-43-16-12-18-51-20-17-44(37(43)51)31-21-32(35(57-6)22-34(31)49(5)38(44)46(56,40(53)47-9-2)39(43)59-27(3)52)45(41(54)58-7)24-28-23-42(4,55)26-50(25-28)19-15-30-29-13-10-11-14-33(29)48-36(30)45/h10-14,16,21-22,28,37-39,48,55-56H,8-9,15,17-20,23-26H2,1-7H3,(H,47,53)/t28?,37?,38?,39-,42+,43-,44?,45-,46+/m1/s1. The number of para-hydroxylation sites is 1. The number of benzene rings is 2. The number of H-pyrrole nitrogens is 1. The van der Waals surface area contributed by atoms with Crippen LogP contribution in [0.3, 0.4) is 0 Å². The monoisotopic (exact) mass is 809 g/mol. The number of aromatic amines is 1. The smallest absolute Gasteiger partial charge is 0.322 e. The van der Waals surface area contributed by atoms with Crippen LogP contribution < -0.4 is 15.0 Å². The third-order valence-corrected chi connectivity index (χ3v) is 15.2. The molecule has 2 aromatic carbocycles. The molecule has 5 unspecified atom stereocenters. The van der Waals surface area contributed by atoms with Crippen molar-refractivity contribution in [2.75, 3.05) is 65.4 Å². The molecule has 6 heterocycles. The first-order chi connectivity index (χ1) is 28.2. The van der Waals surface area contributed by atoms with E-state index in [0.29, 0.717) is 76.1 Å². The van der Waals surface area contributed by atoms with Crippen molar-refractivity contribution in [2.24, 2.45) is 11.3 Å². The highest BCUT2D eigenvalue weighted by molar-refractivity contribution is 5.95. The van der Waals surface area contributed by atoms with E-state index >= 15 is 4.79 Å². The van der Waals surface area contributed by atoms with Gasteiger partial charge >= 0.3 is 11.9 Å². The van der Waals surface area contributed by atoms with Crippen molar-refractivity contribution in [3.63, 3.8) is 0 Å². The second-order valence-electron chi connectivity index (χ2n) is 18.5. The van der Waals surface area contributed by atoms with Crippen molar-refractivity contribution >= 4 is 34.4 Å². The van der Waals surface area contributed by atoms with Crippen LogP contribution in [0, 0.1) is 11.3 Å². The highest BCUT2D eigenvalue weighted by Crippen LogP contribution is 2.68. The van der Waals surface area contributed by atoms with E-state index in [4.69, 9.17) is 14.2 Å². The van der Waals surface area contributed by atoms with Crippen LogP contribution in [0.5, 0.6) is 5.75 Å². The number of aliphatic hydroxyl groups is 2. The minimum absolute atomic E-state index is 0.0954. The van der Waals surface area contributed by atoms with Crippen LogP contribution in [-0.4, -0.2) is 133 Å². The number of ether oxygens (including phenoxy) is 3. The van der Waals surface area contributed by atoms with E-state index in [1.165, 1.54) is 14.0 Å². The fraction of sp³-hybridized carbons (Fsp3) is 0.587. The number of fused-ring (bicyclic) bond motifs is 6. The van der Waals surface area contributed by atoms with Gasteiger partial charge in [-0.15, -0.1) is 0 Å². The molecule has 6 aliphatic rings. The number of carbonyl (C=O) groups is 3. The Balaban J connectivity index is 1.36. The Hall–Kier alpha value is -4.43. The fourth-order valence-corrected chi connectivity index (χ4v) is 13.6. The van der Waals surface area contributed by atoms with Gasteiger partial charge in [-0.1, -0.05) is 37.3 Å². The lowest BCUT2D eigenvalue weighted by atomic mass is 9.47. The molecule has 59 heavy (non-hydrogen) atoms. The van der Waals surface area contributed by atoms with Gasteiger partial charge in [0.1, 0.15) is 11.2 Å². The van der Waals surface area contributed by atoms with E-state index < -0.39 is 57.4 Å². The van der Waals surface area contributed by atoms with Crippen molar-refractivity contribution in [1.29, 1.82) is 0 Å². The van der Waals surface area contributed by atoms with E-state index in [0.717, 1.165) is 33.4 Å². The Labute approximate surface area is 346 Å². The number of amides is 1. The normalized spacial score (nSPS) is 37.0. The number of piperidine rings is 1. The highest BCUT2D eigenvalue weighted by Gasteiger charge is 2.80. The Bertz CT molecular complexity index is 2250. The quantitative estimate of drug-likeness (QED) is 0.205. The Morgan fingerprint density at radius 1 is 1.03 bits per heavy atom. The van der Waals surface area contributed by atoms with Gasteiger partial charge in [0.25, 0.3) is 5.91 Å². The molecule has 5 aliphatic heterocycles. The summed E-state index contributed by atoms with van der Waals surface area (Å²) in [5.74, 6) is -1.22. The molecule has 4 N–H and O–H groups in total. The lowest BCUT2D eigenvalue weighted by Gasteiger charge is -2.63. The largest absolute Gasteiger partial charge is 0.496 e. The lowest BCUT2D eigenvalue weighted by Crippen LogP contribution is -2.82. The number of carbonyl (C=O) groups excluding carboxylic acids is 3. The maximum Gasteiger partial charge on any atom is 0.322 e. The number of aromatic nitrogens is 1. The predicted molar refractivity (Wildman–Crippen MR) is 222 cm³/mol. The molecule has 1 aliphatic carbocycles. The summed E-state index contributed by atoms with van der Waals surface area (Å²) < 4.78 is 18.5. The molecular weight excluding hydrogens is 751 g/mol. The molecule has 0 radical (unpaired) electrons. The average Bonchev–Trinajstić information content (AvgIpc) is 3.87. The number of nitrogens with zero attached hydrogens (tertiary/aromatic N) is 3. The number of likely N-dealkylation sites (N-methyl/N-ethyl adjacent to an activating group) is 2. The molecular formula is C46H59N5O8. The molecule has 13 nitrogen and oxygen atoms in total. The van der Waals surface area contributed by atoms with E-state index in [-0.39, 0.29) is 18.5 Å². The van der Waals surface area contributed by atoms with Crippen molar-refractivity contribution in [1.82, 2.24) is 20.1 Å². The van der Waals surface area contributed by atoms with Gasteiger partial charge in [-0.2, -0.15) is 0 Å². The first-order valence-electron chi connectivity index (χ1n) is 21.4. The molecule has 9 rings (SSSR count). The van der Waals surface area contributed by atoms with E-state index in [1.54, 1.807) is 7.11 Å². The Kier molecular flexibility index (Phi) is 9.36. The second-order valence-corrected chi connectivity index (χ2v) is 18.5. The summed E-state index contributed by atoms with van der Waals surface area (Å²) in [6.07, 6.45) is 5.54. The molecule has 1 spiro atoms. The molecule has 1 saturated carbocycles. The summed E-state index contributed by atoms with van der Waals surface area (Å²) in [5.41, 5.74) is -1.37. The third kappa shape index (κ3) is 5.32. The molecule has 2 bridgehead atoms. The molecule has 3 aromatic rings. The van der Waals surface area contributed by atoms with Crippen LogP contribution in [-0.2, 0) is 41.1 Å². The second kappa shape index (κ2) is 13.8. The van der Waals surface area contributed by atoms with Crippen molar-refractivity contribution in [2.45, 2.75) is 100 Å². The molecule has 316 valence electrons. The molecule has 13 heteroatoms. The maximum absolute atomic E-state index is 15.3. The zero-order valence-corrected chi connectivity index (χ0v) is 35.4. The molecule has 10 atom stereocenters. The van der Waals surface area contributed by atoms with Gasteiger partial charge < -0.3 is 39.6 Å². The molecule has 1 amide bonds. The van der Waals surface area contributed by atoms with Gasteiger partial charge in [-0.05, 0) is 81.7 Å². The van der Waals surface area contributed by atoms with Crippen LogP contribution in [0.15, 0.2) is 48.6 Å². The third-order valence-electron chi connectivity index (χ3n) is 15.2. The maximum atomic E-state index is 15.3. The summed E-state index contributed by atoms with van der Waals surface area (Å²) >= 11 is 0. The highest BCUT2D eigenvalue weighted by atomic mass is 16.6. The Morgan fingerprint density at radius 2 is 1.81 bits per heavy atom. The van der Waals surface area contributed by atoms with Crippen molar-refractivity contribution in [3.05, 3.63) is 70.9 Å². The van der Waals surface area contributed by atoms with Crippen LogP contribution in [0.25, 0.3) is 10.9 Å². The van der Waals surface area contributed by atoms with Gasteiger partial charge in [0, 0.05) is 97.5 Å². The van der Waals surface area contributed by atoms with E-state index in [9.17, 15) is 19.8 Å². The van der Waals surface area contributed by atoms with Gasteiger partial charge in [0.05, 0.1) is 25.9 Å². The summed E-state index contributed by atoms with van der Waals surface area (Å²) in [4.78, 5) is 53.6. The Morgan fingerprint density at radius 3 is 2.53 bits per heavy atom. The van der Waals surface area contributed by atoms with Gasteiger partial charge in [-0.3, -0.25) is 24.2 Å². The SMILES string of the molecule is CCNC(=O)[C@]1(O)C2N(C)c3cc(OC)c([C@]4(C(=O)OC)CC5CN(CCc6c4[nH]c4ccccc64)C[C@@](C)(O)C5)cc3C23CCN2CC=C[C@](CC)(C23)[C@H]1OC(C)=O. The number of hydrogen-bond donors (Lipinski definition) is 4. The summed E-state index contributed by atoms with van der Waals surface area (Å²) in [5, 5.41) is 29.2. The molecule has 3 fully saturated rings. The van der Waals surface area contributed by atoms with Crippen LogP contribution in [0.4, 0.5) is 5.69 Å². The van der Waals surface area contributed by atoms with Crippen molar-refractivity contribution < 1.29 is 38.8 Å². The zero-order chi connectivity index (χ0) is 41.9. The molecule has 1 aromatic heterocycles. The van der Waals surface area contributed by atoms with E-state index in [2.05, 4.69) is 44.4 Å². The molecule has 2 saturated heterocycles. The van der Waals surface area contributed by atoms with Crippen LogP contribution in [0.1, 0.15) is 75.8 Å². The topological polar surface area (TPSA) is 157 Å². The van der Waals surface area contributed by atoms with E-state index in [1.807, 2.05) is 57.0 Å². The first kappa shape index (κ1) is 40.0. The predicted octanol–water partition coefficient (Wildman–Crippen LogP) is 3.56. The van der Waals surface area contributed by atoms with Gasteiger partial charge in [-0.25, -0.2) is 0 Å². The lowest BCUT2D eigenvalue weighted by molar-refractivity contribution is -0.217. The number of anilines is 1. The number of nitrogens with one attached hydrogen (secondary N) is 2. The summed E-state index contributed by atoms with van der Waals surface area (Å²) in [7, 11) is 4.95. The minimum atomic E-state index is -2.19. The first-order valence-corrected chi connectivity index (χ1v) is 21.4. The fourth-order valence-electron chi connectivity index (χ4n) is 13.6. The minimum Gasteiger partial charge on any atom is -0.496 e. The number of methoxy groups -OCH3 is 2.